The van der Waals surface area contributed by atoms with Gasteiger partial charge in [0, 0.05) is 6.54 Å². The number of halogens is 3. The van der Waals surface area contributed by atoms with E-state index in [2.05, 4.69) is 4.72 Å². The Morgan fingerprint density at radius 2 is 1.95 bits per heavy atom. The van der Waals surface area contributed by atoms with Gasteiger partial charge < -0.3 is 5.11 Å². The van der Waals surface area contributed by atoms with Crippen LogP contribution in [0, 0.1) is 11.7 Å². The van der Waals surface area contributed by atoms with E-state index in [1.807, 2.05) is 0 Å². The van der Waals surface area contributed by atoms with Crippen LogP contribution in [0.25, 0.3) is 0 Å². The van der Waals surface area contributed by atoms with Crippen molar-refractivity contribution in [2.24, 2.45) is 5.92 Å². The number of nitrogens with one attached hydrogen (secondary N) is 1. The zero-order valence-electron chi connectivity index (χ0n) is 11.0. The molecule has 114 valence electrons. The van der Waals surface area contributed by atoms with Gasteiger partial charge in [-0.1, -0.05) is 30.1 Å². The van der Waals surface area contributed by atoms with Gasteiger partial charge in [0.15, 0.2) is 5.82 Å². The van der Waals surface area contributed by atoms with Crippen molar-refractivity contribution in [3.05, 3.63) is 28.0 Å². The van der Waals surface area contributed by atoms with Crippen LogP contribution in [0.3, 0.4) is 0 Å². The van der Waals surface area contributed by atoms with Crippen molar-refractivity contribution < 1.29 is 17.9 Å². The Morgan fingerprint density at radius 1 is 1.35 bits per heavy atom. The molecular formula is C12H16Cl2FNO3S. The van der Waals surface area contributed by atoms with Crippen LogP contribution in [0.2, 0.25) is 10.0 Å². The molecule has 0 amide bonds. The van der Waals surface area contributed by atoms with Crippen LogP contribution in [0.4, 0.5) is 4.39 Å². The summed E-state index contributed by atoms with van der Waals surface area (Å²) in [4.78, 5) is -0.356. The summed E-state index contributed by atoms with van der Waals surface area (Å²) in [5, 5.41) is 8.44. The highest BCUT2D eigenvalue weighted by atomic mass is 35.5. The smallest absolute Gasteiger partial charge is 0.242 e. The van der Waals surface area contributed by atoms with E-state index in [0.29, 0.717) is 6.42 Å². The van der Waals surface area contributed by atoms with Gasteiger partial charge in [-0.15, -0.1) is 0 Å². The molecule has 2 atom stereocenters. The number of aliphatic hydroxyl groups excluding tert-OH is 1. The van der Waals surface area contributed by atoms with Crippen LogP contribution >= 0.6 is 23.2 Å². The second kappa shape index (κ2) is 7.04. The number of hydrogen-bond donors (Lipinski definition) is 2. The molecule has 0 aliphatic rings. The fourth-order valence-corrected chi connectivity index (χ4v) is 3.62. The first kappa shape index (κ1) is 17.7. The summed E-state index contributed by atoms with van der Waals surface area (Å²) in [5.74, 6) is -1.03. The van der Waals surface area contributed by atoms with Crippen LogP contribution in [-0.2, 0) is 10.0 Å². The molecule has 1 rings (SSSR count). The van der Waals surface area contributed by atoms with Gasteiger partial charge in [-0.05, 0) is 31.4 Å². The highest BCUT2D eigenvalue weighted by molar-refractivity contribution is 7.89. The lowest BCUT2D eigenvalue weighted by atomic mass is 10.1. The minimum Gasteiger partial charge on any atom is -0.393 e. The highest BCUT2D eigenvalue weighted by Gasteiger charge is 2.22. The Balaban J connectivity index is 2.87. The fraction of sp³-hybridized carbons (Fsp3) is 0.500. The molecule has 0 aliphatic carbocycles. The lowest BCUT2D eigenvalue weighted by molar-refractivity contribution is 0.165. The van der Waals surface area contributed by atoms with Crippen molar-refractivity contribution in [2.75, 3.05) is 6.54 Å². The van der Waals surface area contributed by atoms with Crippen molar-refractivity contribution in [3.63, 3.8) is 0 Å². The van der Waals surface area contributed by atoms with Gasteiger partial charge in [-0.2, -0.15) is 0 Å². The Bertz CT molecular complexity index is 578. The highest BCUT2D eigenvalue weighted by Crippen LogP contribution is 2.29. The lowest BCUT2D eigenvalue weighted by Gasteiger charge is -2.15. The first-order chi connectivity index (χ1) is 9.15. The second-order valence-electron chi connectivity index (χ2n) is 4.72. The number of aliphatic hydroxyl groups is 1. The van der Waals surface area contributed by atoms with E-state index in [0.717, 1.165) is 12.1 Å². The third-order valence-electron chi connectivity index (χ3n) is 2.65. The average Bonchev–Trinajstić information content (AvgIpc) is 2.32. The van der Waals surface area contributed by atoms with Crippen molar-refractivity contribution in [3.8, 4) is 0 Å². The maximum atomic E-state index is 13.5. The molecule has 0 spiro atoms. The Morgan fingerprint density at radius 3 is 2.50 bits per heavy atom. The molecule has 0 radical (unpaired) electrons. The molecule has 2 N–H and O–H groups in total. The van der Waals surface area contributed by atoms with Crippen LogP contribution in [0.15, 0.2) is 17.0 Å². The number of benzene rings is 1. The predicted octanol–water partition coefficient (Wildman–Crippen LogP) is 2.82. The topological polar surface area (TPSA) is 66.4 Å². The molecule has 20 heavy (non-hydrogen) atoms. The molecule has 1 aromatic rings. The minimum absolute atomic E-state index is 0.0688. The Hall–Kier alpha value is -0.400. The van der Waals surface area contributed by atoms with E-state index in [1.54, 1.807) is 13.8 Å². The zero-order valence-corrected chi connectivity index (χ0v) is 13.4. The SMILES string of the molecule is C[C@H](CNS(=O)(=O)c1ccc(Cl)c(F)c1Cl)C[C@@H](C)O. The molecular weight excluding hydrogens is 328 g/mol. The first-order valence-corrected chi connectivity index (χ1v) is 8.20. The van der Waals surface area contributed by atoms with E-state index < -0.39 is 27.0 Å². The fourth-order valence-electron chi connectivity index (χ4n) is 1.71. The van der Waals surface area contributed by atoms with Gasteiger partial charge in [-0.25, -0.2) is 17.5 Å². The van der Waals surface area contributed by atoms with Crippen LogP contribution in [0.5, 0.6) is 0 Å². The molecule has 8 heteroatoms. The summed E-state index contributed by atoms with van der Waals surface area (Å²) in [6.07, 6.45) is -0.0725. The summed E-state index contributed by atoms with van der Waals surface area (Å²) in [7, 11) is -3.92. The molecule has 0 fully saturated rings. The maximum Gasteiger partial charge on any atom is 0.242 e. The summed E-state index contributed by atoms with van der Waals surface area (Å²) in [6, 6.07) is 2.28. The molecule has 0 saturated heterocycles. The third-order valence-corrected chi connectivity index (χ3v) is 4.89. The molecule has 4 nitrogen and oxygen atoms in total. The van der Waals surface area contributed by atoms with Crippen molar-refractivity contribution in [1.82, 2.24) is 4.72 Å². The zero-order chi connectivity index (χ0) is 15.5. The van der Waals surface area contributed by atoms with Crippen molar-refractivity contribution >= 4 is 33.2 Å². The minimum atomic E-state index is -3.92. The largest absolute Gasteiger partial charge is 0.393 e. The van der Waals surface area contributed by atoms with Gasteiger partial charge in [0.1, 0.15) is 4.90 Å². The third kappa shape index (κ3) is 4.56. The quantitative estimate of drug-likeness (QED) is 0.780. The number of rotatable bonds is 6. The molecule has 0 aromatic heterocycles. The standard InChI is InChI=1S/C12H16Cl2FNO3S/c1-7(5-8(2)17)6-16-20(18,19)10-4-3-9(13)12(15)11(10)14/h3-4,7-8,16-17H,5-6H2,1-2H3/t7-,8+/m0/s1. The van der Waals surface area contributed by atoms with E-state index in [1.165, 1.54) is 0 Å². The normalized spacial score (nSPS) is 15.1. The van der Waals surface area contributed by atoms with Gasteiger partial charge in [0.25, 0.3) is 0 Å². The Labute approximate surface area is 127 Å². The molecule has 0 heterocycles. The summed E-state index contributed by atoms with van der Waals surface area (Å²) in [5.41, 5.74) is 0. The van der Waals surface area contributed by atoms with Crippen LogP contribution < -0.4 is 4.72 Å². The molecule has 1 aromatic carbocycles. The molecule has 0 unspecified atom stereocenters. The molecule has 0 saturated carbocycles. The van der Waals surface area contributed by atoms with Crippen molar-refractivity contribution in [1.29, 1.82) is 0 Å². The van der Waals surface area contributed by atoms with Crippen LogP contribution in [0.1, 0.15) is 20.3 Å². The van der Waals surface area contributed by atoms with Gasteiger partial charge in [0.2, 0.25) is 10.0 Å². The van der Waals surface area contributed by atoms with E-state index >= 15 is 0 Å². The Kier molecular flexibility index (Phi) is 6.22. The summed E-state index contributed by atoms with van der Waals surface area (Å²) in [6.45, 7) is 3.53. The van der Waals surface area contributed by atoms with Crippen LogP contribution in [-0.4, -0.2) is 26.2 Å². The van der Waals surface area contributed by atoms with E-state index in [9.17, 15) is 17.9 Å². The summed E-state index contributed by atoms with van der Waals surface area (Å²) < 4.78 is 39.9. The molecule has 0 aliphatic heterocycles. The van der Waals surface area contributed by atoms with Gasteiger partial charge >= 0.3 is 0 Å². The number of sulfonamides is 1. The monoisotopic (exact) mass is 343 g/mol. The average molecular weight is 344 g/mol. The molecule has 0 bridgehead atoms. The van der Waals surface area contributed by atoms with Gasteiger partial charge in [0.05, 0.1) is 16.1 Å². The number of hydrogen-bond acceptors (Lipinski definition) is 3. The van der Waals surface area contributed by atoms with Crippen molar-refractivity contribution in [2.45, 2.75) is 31.3 Å². The maximum absolute atomic E-state index is 13.5. The van der Waals surface area contributed by atoms with E-state index in [-0.39, 0.29) is 22.4 Å². The van der Waals surface area contributed by atoms with E-state index in [4.69, 9.17) is 23.2 Å². The first-order valence-electron chi connectivity index (χ1n) is 5.96. The second-order valence-corrected chi connectivity index (χ2v) is 7.24. The predicted molar refractivity (Wildman–Crippen MR) is 77.1 cm³/mol. The lowest BCUT2D eigenvalue weighted by Crippen LogP contribution is -2.30. The summed E-state index contributed by atoms with van der Waals surface area (Å²) >= 11 is 11.2. The van der Waals surface area contributed by atoms with Gasteiger partial charge in [-0.3, -0.25) is 0 Å².